The lowest BCUT2D eigenvalue weighted by atomic mass is 10.2. The van der Waals surface area contributed by atoms with Gasteiger partial charge in [0.1, 0.15) is 6.61 Å². The summed E-state index contributed by atoms with van der Waals surface area (Å²) in [6.45, 7) is 0.542. The number of ether oxygens (including phenoxy) is 1. The smallest absolute Gasteiger partial charge is 0.191 e. The van der Waals surface area contributed by atoms with Crippen molar-refractivity contribution in [2.75, 3.05) is 0 Å². The average Bonchev–Trinajstić information content (AvgIpc) is 2.69. The number of nitrogens with one attached hydrogen (secondary N) is 1. The van der Waals surface area contributed by atoms with Crippen LogP contribution in [0.3, 0.4) is 0 Å². The summed E-state index contributed by atoms with van der Waals surface area (Å²) >= 11 is 4.34. The van der Waals surface area contributed by atoms with Crippen molar-refractivity contribution in [2.45, 2.75) is 11.5 Å². The van der Waals surface area contributed by atoms with E-state index in [1.807, 2.05) is 42.6 Å². The molecule has 0 atom stereocenters. The van der Waals surface area contributed by atoms with Crippen LogP contribution in [0, 0.1) is 0 Å². The first-order valence-electron chi connectivity index (χ1n) is 4.39. The summed E-state index contributed by atoms with van der Waals surface area (Å²) in [5.74, 6) is 0.779. The van der Waals surface area contributed by atoms with Crippen LogP contribution in [0.5, 0.6) is 5.88 Å². The summed E-state index contributed by atoms with van der Waals surface area (Å²) < 4.78 is 5.51. The highest BCUT2D eigenvalue weighted by Crippen LogP contribution is 2.15. The predicted octanol–water partition coefficient (Wildman–Crippen LogP) is 2.88. The van der Waals surface area contributed by atoms with Gasteiger partial charge in [-0.25, -0.2) is 0 Å². The third kappa shape index (κ3) is 2.12. The van der Waals surface area contributed by atoms with E-state index in [1.54, 1.807) is 0 Å². The Balaban J connectivity index is 2.02. The Labute approximate surface area is 88.3 Å². The van der Waals surface area contributed by atoms with Gasteiger partial charge < -0.3 is 9.72 Å². The first-order valence-corrected chi connectivity index (χ1v) is 4.84. The summed E-state index contributed by atoms with van der Waals surface area (Å²) in [5, 5.41) is 0. The first-order chi connectivity index (χ1) is 6.86. The van der Waals surface area contributed by atoms with E-state index >= 15 is 0 Å². The Morgan fingerprint density at radius 3 is 2.71 bits per heavy atom. The highest BCUT2D eigenvalue weighted by Gasteiger charge is 1.98. The molecule has 0 saturated heterocycles. The molecule has 2 aromatic rings. The maximum atomic E-state index is 5.51. The molecule has 0 saturated carbocycles. The monoisotopic (exact) mass is 205 g/mol. The van der Waals surface area contributed by atoms with Crippen molar-refractivity contribution in [1.82, 2.24) is 4.98 Å². The topological polar surface area (TPSA) is 25.0 Å². The van der Waals surface area contributed by atoms with E-state index in [4.69, 9.17) is 4.74 Å². The van der Waals surface area contributed by atoms with Crippen molar-refractivity contribution in [3.63, 3.8) is 0 Å². The Bertz CT molecular complexity index is 397. The number of benzene rings is 1. The summed E-state index contributed by atoms with van der Waals surface area (Å²) in [7, 11) is 0. The van der Waals surface area contributed by atoms with E-state index in [0.29, 0.717) is 6.61 Å². The van der Waals surface area contributed by atoms with E-state index in [9.17, 15) is 0 Å². The average molecular weight is 205 g/mol. The van der Waals surface area contributed by atoms with Gasteiger partial charge in [0, 0.05) is 16.7 Å². The lowest BCUT2D eigenvalue weighted by Gasteiger charge is -2.05. The molecule has 0 aliphatic carbocycles. The molecule has 0 bridgehead atoms. The van der Waals surface area contributed by atoms with Gasteiger partial charge in [0.15, 0.2) is 5.88 Å². The second-order valence-electron chi connectivity index (χ2n) is 2.95. The fraction of sp³-hybridized carbons (Fsp3) is 0.0909. The second-order valence-corrected chi connectivity index (χ2v) is 3.43. The van der Waals surface area contributed by atoms with Crippen LogP contribution in [-0.2, 0) is 6.61 Å². The normalized spacial score (nSPS) is 10.1. The molecule has 1 aromatic heterocycles. The van der Waals surface area contributed by atoms with E-state index < -0.39 is 0 Å². The summed E-state index contributed by atoms with van der Waals surface area (Å²) in [6.07, 6.45) is 1.84. The second kappa shape index (κ2) is 4.24. The number of thiol groups is 1. The van der Waals surface area contributed by atoms with E-state index in [1.165, 1.54) is 0 Å². The van der Waals surface area contributed by atoms with Crippen molar-refractivity contribution < 1.29 is 4.74 Å². The number of aromatic amines is 1. The SMILES string of the molecule is Sc1ccccc1COc1ccc[nH]1. The zero-order valence-electron chi connectivity index (χ0n) is 7.60. The molecule has 2 rings (SSSR count). The predicted molar refractivity (Wildman–Crippen MR) is 58.8 cm³/mol. The molecule has 0 aliphatic heterocycles. The van der Waals surface area contributed by atoms with E-state index in [-0.39, 0.29) is 0 Å². The first kappa shape index (κ1) is 9.21. The number of H-pyrrole nitrogens is 1. The molecule has 1 aromatic carbocycles. The highest BCUT2D eigenvalue weighted by molar-refractivity contribution is 7.80. The standard InChI is InChI=1S/C11H11NOS/c14-10-5-2-1-4-9(10)8-13-11-6-3-7-12-11/h1-7,12,14H,8H2. The molecule has 2 nitrogen and oxygen atoms in total. The molecule has 72 valence electrons. The van der Waals surface area contributed by atoms with Crippen LogP contribution in [0.25, 0.3) is 0 Å². The van der Waals surface area contributed by atoms with Crippen LogP contribution in [0.4, 0.5) is 0 Å². The molecule has 0 spiro atoms. The maximum absolute atomic E-state index is 5.51. The van der Waals surface area contributed by atoms with Crippen molar-refractivity contribution in [3.05, 3.63) is 48.2 Å². The zero-order valence-corrected chi connectivity index (χ0v) is 8.50. The van der Waals surface area contributed by atoms with Crippen LogP contribution in [0.15, 0.2) is 47.5 Å². The third-order valence-corrected chi connectivity index (χ3v) is 2.38. The molecule has 0 radical (unpaired) electrons. The number of aromatic nitrogens is 1. The molecule has 0 fully saturated rings. The Hall–Kier alpha value is -1.35. The lowest BCUT2D eigenvalue weighted by molar-refractivity contribution is 0.293. The molecular weight excluding hydrogens is 194 g/mol. The van der Waals surface area contributed by atoms with Crippen LogP contribution in [-0.4, -0.2) is 4.98 Å². The van der Waals surface area contributed by atoms with Gasteiger partial charge in [-0.1, -0.05) is 18.2 Å². The minimum Gasteiger partial charge on any atom is -0.474 e. The van der Waals surface area contributed by atoms with Crippen molar-refractivity contribution in [1.29, 1.82) is 0 Å². The molecule has 0 amide bonds. The number of hydrogen-bond acceptors (Lipinski definition) is 2. The zero-order chi connectivity index (χ0) is 9.80. The van der Waals surface area contributed by atoms with E-state index in [2.05, 4.69) is 17.6 Å². The molecule has 0 unspecified atom stereocenters. The van der Waals surface area contributed by atoms with Crippen LogP contribution in [0.1, 0.15) is 5.56 Å². The summed E-state index contributed by atoms with van der Waals surface area (Å²) in [4.78, 5) is 3.94. The van der Waals surface area contributed by atoms with Gasteiger partial charge in [-0.2, -0.15) is 0 Å². The summed E-state index contributed by atoms with van der Waals surface area (Å²) in [6, 6.07) is 11.7. The Morgan fingerprint density at radius 2 is 2.00 bits per heavy atom. The highest BCUT2D eigenvalue weighted by atomic mass is 32.1. The maximum Gasteiger partial charge on any atom is 0.191 e. The largest absolute Gasteiger partial charge is 0.474 e. The van der Waals surface area contributed by atoms with Gasteiger partial charge in [0.25, 0.3) is 0 Å². The minimum absolute atomic E-state index is 0.542. The van der Waals surface area contributed by atoms with Gasteiger partial charge in [-0.15, -0.1) is 12.6 Å². The number of hydrogen-bond donors (Lipinski definition) is 2. The Morgan fingerprint density at radius 1 is 1.14 bits per heavy atom. The Kier molecular flexibility index (Phi) is 2.79. The van der Waals surface area contributed by atoms with Gasteiger partial charge in [0.2, 0.25) is 0 Å². The van der Waals surface area contributed by atoms with Crippen molar-refractivity contribution in [2.24, 2.45) is 0 Å². The van der Waals surface area contributed by atoms with Crippen molar-refractivity contribution in [3.8, 4) is 5.88 Å². The van der Waals surface area contributed by atoms with Crippen LogP contribution < -0.4 is 4.74 Å². The molecule has 3 heteroatoms. The molecule has 0 aliphatic rings. The quantitative estimate of drug-likeness (QED) is 0.740. The van der Waals surface area contributed by atoms with Gasteiger partial charge >= 0.3 is 0 Å². The third-order valence-electron chi connectivity index (χ3n) is 1.94. The molecule has 1 N–H and O–H groups in total. The number of rotatable bonds is 3. The van der Waals surface area contributed by atoms with Crippen LogP contribution in [0.2, 0.25) is 0 Å². The fourth-order valence-electron chi connectivity index (χ4n) is 1.19. The van der Waals surface area contributed by atoms with Gasteiger partial charge in [-0.05, 0) is 18.2 Å². The molecule has 1 heterocycles. The lowest BCUT2D eigenvalue weighted by Crippen LogP contribution is -1.96. The summed E-state index contributed by atoms with van der Waals surface area (Å²) in [5.41, 5.74) is 1.09. The molecular formula is C11H11NOS. The van der Waals surface area contributed by atoms with Gasteiger partial charge in [-0.3, -0.25) is 0 Å². The van der Waals surface area contributed by atoms with E-state index in [0.717, 1.165) is 16.3 Å². The minimum atomic E-state index is 0.542. The fourth-order valence-corrected chi connectivity index (χ4v) is 1.42. The molecule has 14 heavy (non-hydrogen) atoms. The van der Waals surface area contributed by atoms with Crippen molar-refractivity contribution >= 4 is 12.6 Å². The van der Waals surface area contributed by atoms with Crippen LogP contribution >= 0.6 is 12.6 Å². The van der Waals surface area contributed by atoms with Gasteiger partial charge in [0.05, 0.1) is 0 Å².